The first-order valence-electron chi connectivity index (χ1n) is 9.69. The molecule has 1 heterocycles. The number of amides is 1. The average Bonchev–Trinajstić information content (AvgIpc) is 3.02. The van der Waals surface area contributed by atoms with Crippen molar-refractivity contribution in [3.8, 4) is 11.8 Å². The van der Waals surface area contributed by atoms with Crippen LogP contribution in [0.2, 0.25) is 0 Å². The fraction of sp³-hybridized carbons (Fsp3) is 0.571. The lowest BCUT2D eigenvalue weighted by Crippen LogP contribution is -2.43. The maximum Gasteiger partial charge on any atom is 0.394 e. The van der Waals surface area contributed by atoms with Crippen molar-refractivity contribution in [2.45, 2.75) is 58.2 Å². The summed E-state index contributed by atoms with van der Waals surface area (Å²) < 4.78 is 47.2. The van der Waals surface area contributed by atoms with E-state index in [2.05, 4.69) is 11.1 Å². The number of imidazole rings is 1. The number of carbonyl (C=O) groups is 1. The van der Waals surface area contributed by atoms with Crippen molar-refractivity contribution in [3.63, 3.8) is 0 Å². The standard InChI is InChI=1S/C21H25F3N4O2/c1-19(2,21(22,23)24)11-16(29)27(4)18-26-17-14(28(18)20(3)7-6-8-20)9-13(12-25)10-15(17)30-5/h9-10H,6-8,11H2,1-5H3. The molecule has 1 fully saturated rings. The van der Waals surface area contributed by atoms with Crippen molar-refractivity contribution in [1.82, 2.24) is 9.55 Å². The second kappa shape index (κ2) is 7.18. The third kappa shape index (κ3) is 3.48. The highest BCUT2D eigenvalue weighted by Crippen LogP contribution is 2.46. The Morgan fingerprint density at radius 1 is 1.37 bits per heavy atom. The van der Waals surface area contributed by atoms with E-state index in [1.54, 1.807) is 12.1 Å². The van der Waals surface area contributed by atoms with Crippen LogP contribution in [0.15, 0.2) is 12.1 Å². The van der Waals surface area contributed by atoms with Crippen LogP contribution in [0, 0.1) is 16.7 Å². The number of methoxy groups -OCH3 is 1. The monoisotopic (exact) mass is 422 g/mol. The molecule has 1 aromatic carbocycles. The highest BCUT2D eigenvalue weighted by molar-refractivity contribution is 5.95. The van der Waals surface area contributed by atoms with Gasteiger partial charge in [0.05, 0.1) is 29.7 Å². The molecule has 162 valence electrons. The normalized spacial score (nSPS) is 16.1. The smallest absolute Gasteiger partial charge is 0.394 e. The van der Waals surface area contributed by atoms with E-state index in [1.165, 1.54) is 19.1 Å². The molecule has 1 amide bonds. The molecule has 0 N–H and O–H groups in total. The maximum absolute atomic E-state index is 13.3. The number of nitrogens with zero attached hydrogens (tertiary/aromatic N) is 4. The third-order valence-corrected chi connectivity index (χ3v) is 6.06. The number of alkyl halides is 3. The van der Waals surface area contributed by atoms with Crippen molar-refractivity contribution < 1.29 is 22.7 Å². The second-order valence-corrected chi connectivity index (χ2v) is 8.77. The van der Waals surface area contributed by atoms with E-state index in [0.29, 0.717) is 22.3 Å². The van der Waals surface area contributed by atoms with Crippen LogP contribution in [-0.4, -0.2) is 35.8 Å². The van der Waals surface area contributed by atoms with Crippen LogP contribution >= 0.6 is 0 Å². The van der Waals surface area contributed by atoms with Gasteiger partial charge in [0.1, 0.15) is 11.3 Å². The van der Waals surface area contributed by atoms with E-state index in [4.69, 9.17) is 4.74 Å². The summed E-state index contributed by atoms with van der Waals surface area (Å²) in [5.41, 5.74) is -1.05. The highest BCUT2D eigenvalue weighted by atomic mass is 19.4. The molecule has 0 atom stereocenters. The first-order valence-corrected chi connectivity index (χ1v) is 9.69. The van der Waals surface area contributed by atoms with E-state index in [9.17, 15) is 23.2 Å². The zero-order valence-electron chi connectivity index (χ0n) is 17.7. The lowest BCUT2D eigenvalue weighted by atomic mass is 9.78. The van der Waals surface area contributed by atoms with Crippen LogP contribution in [0.25, 0.3) is 11.0 Å². The molecule has 3 rings (SSSR count). The third-order valence-electron chi connectivity index (χ3n) is 6.06. The molecule has 0 bridgehead atoms. The number of ether oxygens (including phenoxy) is 1. The number of carbonyl (C=O) groups excluding carboxylic acids is 1. The SMILES string of the molecule is COc1cc(C#N)cc2c1nc(N(C)C(=O)CC(C)(C)C(F)(F)F)n2C1(C)CCC1. The molecule has 0 spiro atoms. The molecule has 1 aromatic heterocycles. The minimum Gasteiger partial charge on any atom is -0.494 e. The number of anilines is 1. The van der Waals surface area contributed by atoms with Crippen LogP contribution in [0.3, 0.4) is 0 Å². The lowest BCUT2D eigenvalue weighted by molar-refractivity contribution is -0.213. The average molecular weight is 422 g/mol. The van der Waals surface area contributed by atoms with E-state index >= 15 is 0 Å². The molecule has 0 unspecified atom stereocenters. The molecule has 0 saturated heterocycles. The molecule has 30 heavy (non-hydrogen) atoms. The maximum atomic E-state index is 13.3. The van der Waals surface area contributed by atoms with Crippen LogP contribution in [-0.2, 0) is 10.3 Å². The Hall–Kier alpha value is -2.76. The summed E-state index contributed by atoms with van der Waals surface area (Å²) in [6.07, 6.45) is -2.55. The van der Waals surface area contributed by atoms with Crippen LogP contribution in [0.1, 0.15) is 52.0 Å². The number of hydrogen-bond donors (Lipinski definition) is 0. The zero-order chi connectivity index (χ0) is 22.5. The van der Waals surface area contributed by atoms with Gasteiger partial charge in [0.2, 0.25) is 11.9 Å². The second-order valence-electron chi connectivity index (χ2n) is 8.77. The topological polar surface area (TPSA) is 71.2 Å². The molecule has 1 saturated carbocycles. The Morgan fingerprint density at radius 3 is 2.47 bits per heavy atom. The van der Waals surface area contributed by atoms with E-state index < -0.39 is 23.9 Å². The van der Waals surface area contributed by atoms with Gasteiger partial charge in [-0.15, -0.1) is 0 Å². The molecular formula is C21H25F3N4O2. The van der Waals surface area contributed by atoms with E-state index in [-0.39, 0.29) is 11.5 Å². The molecule has 0 radical (unpaired) electrons. The van der Waals surface area contributed by atoms with Gasteiger partial charge in [0, 0.05) is 25.1 Å². The van der Waals surface area contributed by atoms with Gasteiger partial charge in [-0.05, 0) is 32.3 Å². The number of halogens is 3. The zero-order valence-corrected chi connectivity index (χ0v) is 17.7. The van der Waals surface area contributed by atoms with Crippen molar-refractivity contribution in [2.75, 3.05) is 19.1 Å². The molecule has 1 aliphatic carbocycles. The van der Waals surface area contributed by atoms with Gasteiger partial charge in [-0.3, -0.25) is 9.69 Å². The van der Waals surface area contributed by atoms with Crippen molar-refractivity contribution >= 4 is 22.9 Å². The molecule has 2 aromatic rings. The fourth-order valence-electron chi connectivity index (χ4n) is 3.73. The van der Waals surface area contributed by atoms with Gasteiger partial charge in [0.15, 0.2) is 0 Å². The molecule has 9 heteroatoms. The quantitative estimate of drug-likeness (QED) is 0.697. The Labute approximate surface area is 173 Å². The highest BCUT2D eigenvalue weighted by Gasteiger charge is 2.49. The van der Waals surface area contributed by atoms with Crippen molar-refractivity contribution in [1.29, 1.82) is 5.26 Å². The predicted molar refractivity (Wildman–Crippen MR) is 106 cm³/mol. The van der Waals surface area contributed by atoms with Gasteiger partial charge in [-0.2, -0.15) is 18.4 Å². The van der Waals surface area contributed by atoms with Gasteiger partial charge in [0.25, 0.3) is 0 Å². The first kappa shape index (κ1) is 21.9. The molecule has 0 aliphatic heterocycles. The fourth-order valence-corrected chi connectivity index (χ4v) is 3.73. The Kier molecular flexibility index (Phi) is 5.25. The molecular weight excluding hydrogens is 397 g/mol. The van der Waals surface area contributed by atoms with Crippen LogP contribution in [0.4, 0.5) is 19.1 Å². The van der Waals surface area contributed by atoms with Gasteiger partial charge >= 0.3 is 6.18 Å². The summed E-state index contributed by atoms with van der Waals surface area (Å²) in [5.74, 6) is -0.0525. The van der Waals surface area contributed by atoms with Crippen molar-refractivity contribution in [3.05, 3.63) is 17.7 Å². The molecule has 6 nitrogen and oxygen atoms in total. The van der Waals surface area contributed by atoms with Crippen LogP contribution < -0.4 is 9.64 Å². The minimum absolute atomic E-state index is 0.253. The van der Waals surface area contributed by atoms with Gasteiger partial charge < -0.3 is 9.30 Å². The molecule has 1 aliphatic rings. The lowest BCUT2D eigenvalue weighted by Gasteiger charge is -2.42. The Morgan fingerprint density at radius 2 is 2.00 bits per heavy atom. The van der Waals surface area contributed by atoms with E-state index in [0.717, 1.165) is 33.1 Å². The summed E-state index contributed by atoms with van der Waals surface area (Å²) in [7, 11) is 2.90. The van der Waals surface area contributed by atoms with Crippen molar-refractivity contribution in [2.24, 2.45) is 5.41 Å². The Balaban J connectivity index is 2.14. The predicted octanol–water partition coefficient (Wildman–Crippen LogP) is 4.76. The Bertz CT molecular complexity index is 1030. The summed E-state index contributed by atoms with van der Waals surface area (Å²) in [6.45, 7) is 4.04. The minimum atomic E-state index is -4.51. The summed E-state index contributed by atoms with van der Waals surface area (Å²) in [6, 6.07) is 5.32. The number of aromatic nitrogens is 2. The van der Waals surface area contributed by atoms with Crippen LogP contribution in [0.5, 0.6) is 5.75 Å². The van der Waals surface area contributed by atoms with Gasteiger partial charge in [-0.25, -0.2) is 4.98 Å². The van der Waals surface area contributed by atoms with E-state index in [1.807, 2.05) is 11.5 Å². The summed E-state index contributed by atoms with van der Waals surface area (Å²) in [5, 5.41) is 9.38. The number of nitriles is 1. The largest absolute Gasteiger partial charge is 0.494 e. The summed E-state index contributed by atoms with van der Waals surface area (Å²) >= 11 is 0. The number of benzene rings is 1. The number of fused-ring (bicyclic) bond motifs is 1. The number of rotatable bonds is 5. The number of hydrogen-bond acceptors (Lipinski definition) is 4. The summed E-state index contributed by atoms with van der Waals surface area (Å²) in [4.78, 5) is 18.6. The first-order chi connectivity index (χ1) is 13.8. The van der Waals surface area contributed by atoms with Gasteiger partial charge in [-0.1, -0.05) is 13.8 Å².